The summed E-state index contributed by atoms with van der Waals surface area (Å²) in [7, 11) is 1.27. The number of alkyl halides is 3. The highest BCUT2D eigenvalue weighted by Gasteiger charge is 2.38. The molecule has 2 rings (SSSR count). The summed E-state index contributed by atoms with van der Waals surface area (Å²) in [6.45, 7) is 0. The van der Waals surface area contributed by atoms with Crippen LogP contribution in [0.15, 0.2) is 12.1 Å². The lowest BCUT2D eigenvalue weighted by molar-refractivity contribution is -0.192. The van der Waals surface area contributed by atoms with Gasteiger partial charge in [0.15, 0.2) is 0 Å². The van der Waals surface area contributed by atoms with E-state index in [-0.39, 0.29) is 17.4 Å². The molecule has 5 nitrogen and oxygen atoms in total. The number of carbonyl (C=O) groups is 2. The first-order valence-electron chi connectivity index (χ1n) is 6.04. The van der Waals surface area contributed by atoms with E-state index in [2.05, 4.69) is 4.74 Å². The molecule has 0 radical (unpaired) electrons. The highest BCUT2D eigenvalue weighted by Crippen LogP contribution is 2.32. The molecule has 0 heterocycles. The molecule has 3 N–H and O–H groups in total. The van der Waals surface area contributed by atoms with Crippen LogP contribution in [-0.4, -0.2) is 30.3 Å². The fraction of sp³-hybridized carbons (Fsp3) is 0.385. The van der Waals surface area contributed by atoms with Gasteiger partial charge in [0, 0.05) is 6.04 Å². The largest absolute Gasteiger partial charge is 0.490 e. The van der Waals surface area contributed by atoms with Crippen molar-refractivity contribution < 1.29 is 37.0 Å². The second-order valence-corrected chi connectivity index (χ2v) is 4.47. The van der Waals surface area contributed by atoms with Gasteiger partial charge in [-0.25, -0.2) is 14.0 Å². The highest BCUT2D eigenvalue weighted by atomic mass is 19.4. The maximum atomic E-state index is 13.6. The maximum absolute atomic E-state index is 13.6. The lowest BCUT2D eigenvalue weighted by Crippen LogP contribution is -2.21. The van der Waals surface area contributed by atoms with Crippen LogP contribution in [0.5, 0.6) is 0 Å². The number of rotatable bonds is 1. The van der Waals surface area contributed by atoms with Gasteiger partial charge in [-0.15, -0.1) is 0 Å². The van der Waals surface area contributed by atoms with Crippen molar-refractivity contribution >= 4 is 11.9 Å². The van der Waals surface area contributed by atoms with Gasteiger partial charge in [-0.3, -0.25) is 0 Å². The van der Waals surface area contributed by atoms with Gasteiger partial charge in [0.1, 0.15) is 5.82 Å². The Labute approximate surface area is 122 Å². The van der Waals surface area contributed by atoms with Gasteiger partial charge in [-0.05, 0) is 36.1 Å². The molecule has 1 aromatic rings. The van der Waals surface area contributed by atoms with Gasteiger partial charge in [-0.1, -0.05) is 0 Å². The second-order valence-electron chi connectivity index (χ2n) is 4.47. The van der Waals surface area contributed by atoms with Gasteiger partial charge in [0.2, 0.25) is 0 Å². The van der Waals surface area contributed by atoms with Gasteiger partial charge < -0.3 is 15.6 Å². The topological polar surface area (TPSA) is 89.6 Å². The molecule has 0 amide bonds. The van der Waals surface area contributed by atoms with Gasteiger partial charge in [0.25, 0.3) is 0 Å². The molecule has 22 heavy (non-hydrogen) atoms. The summed E-state index contributed by atoms with van der Waals surface area (Å²) < 4.78 is 49.8. The highest BCUT2D eigenvalue weighted by molar-refractivity contribution is 5.89. The predicted octanol–water partition coefficient (Wildman–Crippen LogP) is 2.19. The van der Waals surface area contributed by atoms with Crippen molar-refractivity contribution in [2.45, 2.75) is 25.1 Å². The van der Waals surface area contributed by atoms with E-state index in [0.717, 1.165) is 12.0 Å². The lowest BCUT2D eigenvalue weighted by atomic mass is 10.0. The van der Waals surface area contributed by atoms with E-state index < -0.39 is 18.1 Å². The zero-order valence-corrected chi connectivity index (χ0v) is 11.4. The Morgan fingerprint density at radius 3 is 2.36 bits per heavy atom. The number of fused-ring (bicyclic) bond motifs is 1. The molecule has 0 spiro atoms. The molecule has 0 bridgehead atoms. The minimum atomic E-state index is -5.08. The van der Waals surface area contributed by atoms with Crippen molar-refractivity contribution in [1.82, 2.24) is 0 Å². The Kier molecular flexibility index (Phi) is 5.48. The Morgan fingerprint density at radius 2 is 1.91 bits per heavy atom. The zero-order valence-electron chi connectivity index (χ0n) is 11.4. The number of halogens is 4. The van der Waals surface area contributed by atoms with Crippen LogP contribution in [0.4, 0.5) is 17.6 Å². The molecule has 0 fully saturated rings. The first-order valence-corrected chi connectivity index (χ1v) is 6.04. The molecule has 0 saturated heterocycles. The van der Waals surface area contributed by atoms with E-state index in [1.165, 1.54) is 13.2 Å². The van der Waals surface area contributed by atoms with Crippen molar-refractivity contribution in [3.63, 3.8) is 0 Å². The van der Waals surface area contributed by atoms with E-state index >= 15 is 0 Å². The summed E-state index contributed by atoms with van der Waals surface area (Å²) in [4.78, 5) is 20.1. The molecule has 0 aliphatic heterocycles. The number of carboxylic acids is 1. The van der Waals surface area contributed by atoms with Crippen LogP contribution in [0, 0.1) is 5.82 Å². The average molecular weight is 323 g/mol. The second kappa shape index (κ2) is 6.73. The number of hydrogen-bond donors (Lipinski definition) is 2. The van der Waals surface area contributed by atoms with Crippen LogP contribution in [0.2, 0.25) is 0 Å². The number of carbonyl (C=O) groups excluding carboxylic acids is 1. The van der Waals surface area contributed by atoms with Crippen molar-refractivity contribution in [1.29, 1.82) is 0 Å². The monoisotopic (exact) mass is 323 g/mol. The van der Waals surface area contributed by atoms with Crippen LogP contribution in [-0.2, 0) is 16.0 Å². The smallest absolute Gasteiger partial charge is 0.475 e. The van der Waals surface area contributed by atoms with E-state index in [1.54, 1.807) is 6.07 Å². The number of aliphatic carboxylic acids is 1. The molecule has 0 unspecified atom stereocenters. The normalized spacial score (nSPS) is 16.4. The van der Waals surface area contributed by atoms with E-state index in [9.17, 15) is 22.4 Å². The standard InChI is InChI=1S/C11H12FNO2.C2HF3O2/c1-15-11(14)6-4-8-7(9(12)5-6)2-3-10(8)13;3-2(4,5)1(6)7/h4-5,10H,2-3,13H2,1H3;(H,6,7)/t10-;/m1./s1. The molecule has 0 saturated carbocycles. The van der Waals surface area contributed by atoms with E-state index in [1.807, 2.05) is 0 Å². The number of esters is 1. The van der Waals surface area contributed by atoms with Crippen LogP contribution in [0.3, 0.4) is 0 Å². The molecule has 0 aromatic heterocycles. The van der Waals surface area contributed by atoms with Crippen molar-refractivity contribution in [2.75, 3.05) is 7.11 Å². The SMILES string of the molecule is COC(=O)c1cc(F)c2c(c1)[C@H](N)CC2.O=C(O)C(F)(F)F. The lowest BCUT2D eigenvalue weighted by Gasteiger charge is -2.07. The molecule has 1 atom stereocenters. The fourth-order valence-electron chi connectivity index (χ4n) is 1.94. The number of hydrogen-bond acceptors (Lipinski definition) is 4. The van der Waals surface area contributed by atoms with Crippen molar-refractivity contribution in [2.24, 2.45) is 5.73 Å². The van der Waals surface area contributed by atoms with Gasteiger partial charge in [-0.2, -0.15) is 13.2 Å². The van der Waals surface area contributed by atoms with Crippen LogP contribution >= 0.6 is 0 Å². The summed E-state index contributed by atoms with van der Waals surface area (Å²) in [6, 6.07) is 2.67. The van der Waals surface area contributed by atoms with Crippen LogP contribution < -0.4 is 5.73 Å². The Hall–Kier alpha value is -2.16. The summed E-state index contributed by atoms with van der Waals surface area (Å²) in [5.74, 6) is -3.65. The molecule has 1 aliphatic carbocycles. The summed E-state index contributed by atoms with van der Waals surface area (Å²) in [5.41, 5.74) is 7.40. The summed E-state index contributed by atoms with van der Waals surface area (Å²) in [6.07, 6.45) is -3.71. The fourth-order valence-corrected chi connectivity index (χ4v) is 1.94. The van der Waals surface area contributed by atoms with Crippen LogP contribution in [0.1, 0.15) is 33.9 Å². The number of benzene rings is 1. The third-order valence-electron chi connectivity index (χ3n) is 3.00. The van der Waals surface area contributed by atoms with E-state index in [0.29, 0.717) is 12.0 Å². The molecular formula is C13H13F4NO4. The Balaban J connectivity index is 0.000000295. The number of ether oxygens (including phenoxy) is 1. The number of methoxy groups -OCH3 is 1. The zero-order chi connectivity index (χ0) is 17.1. The molecule has 122 valence electrons. The van der Waals surface area contributed by atoms with Gasteiger partial charge >= 0.3 is 18.1 Å². The minimum absolute atomic E-state index is 0.167. The number of nitrogens with two attached hydrogens (primary N) is 1. The summed E-state index contributed by atoms with van der Waals surface area (Å²) >= 11 is 0. The quantitative estimate of drug-likeness (QED) is 0.611. The Morgan fingerprint density at radius 1 is 1.36 bits per heavy atom. The van der Waals surface area contributed by atoms with Gasteiger partial charge in [0.05, 0.1) is 12.7 Å². The minimum Gasteiger partial charge on any atom is -0.475 e. The third-order valence-corrected chi connectivity index (χ3v) is 3.00. The van der Waals surface area contributed by atoms with E-state index in [4.69, 9.17) is 15.6 Å². The molecule has 9 heteroatoms. The molecule has 1 aliphatic rings. The molecular weight excluding hydrogens is 310 g/mol. The summed E-state index contributed by atoms with van der Waals surface area (Å²) in [5, 5.41) is 7.12. The maximum Gasteiger partial charge on any atom is 0.490 e. The first-order chi connectivity index (χ1) is 10.1. The van der Waals surface area contributed by atoms with Crippen molar-refractivity contribution in [3.05, 3.63) is 34.6 Å². The Bertz CT molecular complexity index is 586. The number of carboxylic acid groups (broad SMARTS) is 1. The molecule has 1 aromatic carbocycles. The first kappa shape index (κ1) is 17.9. The third kappa shape index (κ3) is 4.17. The van der Waals surface area contributed by atoms with Crippen molar-refractivity contribution in [3.8, 4) is 0 Å². The predicted molar refractivity (Wildman–Crippen MR) is 66.7 cm³/mol. The van der Waals surface area contributed by atoms with Crippen LogP contribution in [0.25, 0.3) is 0 Å². The average Bonchev–Trinajstić information content (AvgIpc) is 2.80.